The van der Waals surface area contributed by atoms with E-state index < -0.39 is 0 Å². The minimum Gasteiger partial charge on any atom is -0.355 e. The number of unbranched alkanes of at least 4 members (excludes halogenated alkanes) is 4. The fourth-order valence-corrected chi connectivity index (χ4v) is 11.1. The maximum atomic E-state index is 14.5. The Balaban J connectivity index is 1.46. The van der Waals surface area contributed by atoms with Crippen molar-refractivity contribution < 1.29 is 19.2 Å². The lowest BCUT2D eigenvalue weighted by Gasteiger charge is -2.19. The first-order valence-corrected chi connectivity index (χ1v) is 31.6. The number of hydrogen-bond donors (Lipinski definition) is 5. The van der Waals surface area contributed by atoms with Crippen LogP contribution in [0, 0.1) is 0 Å². The molecular formula is C76H86N12O4. The summed E-state index contributed by atoms with van der Waals surface area (Å²) in [5.41, 5.74) is 11.5. The number of carbonyl (C=O) groups excluding carboxylic acids is 4. The highest BCUT2D eigenvalue weighted by molar-refractivity contribution is 6.18. The smallest absolute Gasteiger partial charge is 0.248 e. The first-order chi connectivity index (χ1) is 44.6. The van der Waals surface area contributed by atoms with E-state index in [1.165, 1.54) is 0 Å². The molecule has 0 spiro atoms. The van der Waals surface area contributed by atoms with Gasteiger partial charge < -0.3 is 50.4 Å². The first-order valence-electron chi connectivity index (χ1n) is 31.6. The predicted molar refractivity (Wildman–Crippen MR) is 382 cm³/mol. The number of rotatable bonds is 28. The van der Waals surface area contributed by atoms with Crippen molar-refractivity contribution in [3.63, 3.8) is 0 Å². The van der Waals surface area contributed by atoms with Crippen molar-refractivity contribution in [1.82, 2.24) is 39.1 Å². The van der Waals surface area contributed by atoms with Gasteiger partial charge in [-0.2, -0.15) is 0 Å². The molecule has 0 radical (unpaired) electrons. The zero-order valence-corrected chi connectivity index (χ0v) is 54.3. The molecule has 7 aromatic rings. The predicted octanol–water partition coefficient (Wildman–Crippen LogP) is 14.5. The number of allylic oxidation sites excluding steroid dienone is 4. The first kappa shape index (κ1) is 66.6. The number of amides is 4. The second-order valence-electron chi connectivity index (χ2n) is 24.0. The summed E-state index contributed by atoms with van der Waals surface area (Å²) in [5, 5.41) is 13.2. The molecule has 0 aliphatic carbocycles. The highest BCUT2D eigenvalue weighted by Gasteiger charge is 2.30. The molecule has 8 bridgehead atoms. The van der Waals surface area contributed by atoms with Gasteiger partial charge in [0.1, 0.15) is 0 Å². The van der Waals surface area contributed by atoms with Crippen LogP contribution < -0.4 is 21.3 Å². The van der Waals surface area contributed by atoms with E-state index in [1.807, 2.05) is 232 Å². The molecule has 5 heterocycles. The molecule has 2 aliphatic rings. The number of aromatic nitrogens is 4. The Morgan fingerprint density at radius 1 is 0.413 bits per heavy atom. The molecule has 0 saturated carbocycles. The molecule has 0 atom stereocenters. The number of carbonyl (C=O) groups is 4. The Morgan fingerprint density at radius 2 is 0.772 bits per heavy atom. The van der Waals surface area contributed by atoms with Crippen LogP contribution in [0.2, 0.25) is 0 Å². The molecule has 2 aliphatic heterocycles. The Kier molecular flexibility index (Phi) is 23.7. The van der Waals surface area contributed by atoms with E-state index in [0.717, 1.165) is 62.9 Å². The molecule has 4 aromatic carbocycles. The molecule has 5 N–H and O–H groups in total. The molecule has 16 nitrogen and oxygen atoms in total. The SMILES string of the molecule is CN(C)CCCC=CC(=O)Nc1ccccc1-c1c(-c2ccccc2NC(=O)C=CCCCN(C)C)c2c(-c3ccccc3NC(=O)C=CCCCN(C)C)c3nc(cc4ccc(cc5nc(cc1n2-c1ccccc1NC(=O)C=CCCCN(C)C)C=C5)[nH]4)C=C3. The fraction of sp³-hybridized carbons (Fsp3) is 0.263. The van der Waals surface area contributed by atoms with Gasteiger partial charge in [-0.05, 0) is 243 Å². The fourth-order valence-electron chi connectivity index (χ4n) is 11.1. The van der Waals surface area contributed by atoms with Crippen molar-refractivity contribution in [3.8, 4) is 39.1 Å². The second-order valence-corrected chi connectivity index (χ2v) is 24.0. The number of fused-ring (bicyclic) bond motifs is 8. The van der Waals surface area contributed by atoms with E-state index in [-0.39, 0.29) is 23.6 Å². The normalized spacial score (nSPS) is 12.3. The number of hydrogen-bond acceptors (Lipinski definition) is 10. The Bertz CT molecular complexity index is 4140. The zero-order valence-electron chi connectivity index (χ0n) is 54.3. The maximum Gasteiger partial charge on any atom is 0.248 e. The van der Waals surface area contributed by atoms with Gasteiger partial charge >= 0.3 is 0 Å². The molecule has 0 fully saturated rings. The van der Waals surface area contributed by atoms with Gasteiger partial charge in [0, 0.05) is 61.5 Å². The summed E-state index contributed by atoms with van der Waals surface area (Å²) in [4.78, 5) is 80.6. The minimum atomic E-state index is -0.322. The topological polar surface area (TPSA) is 176 Å². The lowest BCUT2D eigenvalue weighted by Crippen LogP contribution is -2.13. The van der Waals surface area contributed by atoms with Crippen LogP contribution >= 0.6 is 0 Å². The minimum absolute atomic E-state index is 0.314. The van der Waals surface area contributed by atoms with Crippen LogP contribution in [0.25, 0.3) is 85.4 Å². The number of nitrogens with one attached hydrogen (secondary N) is 5. The van der Waals surface area contributed by atoms with Crippen molar-refractivity contribution >= 4 is 92.7 Å². The molecular weight excluding hydrogens is 1140 g/mol. The van der Waals surface area contributed by atoms with Gasteiger partial charge in [-0.3, -0.25) is 19.2 Å². The van der Waals surface area contributed by atoms with Crippen LogP contribution in [-0.2, 0) is 19.2 Å². The number of H-pyrrole nitrogens is 1. The van der Waals surface area contributed by atoms with Gasteiger partial charge in [-0.1, -0.05) is 91.0 Å². The Labute approximate surface area is 541 Å². The molecule has 16 heteroatoms. The molecule has 4 amide bonds. The Hall–Kier alpha value is -9.84. The van der Waals surface area contributed by atoms with Crippen LogP contribution in [0.15, 0.2) is 176 Å². The van der Waals surface area contributed by atoms with Gasteiger partial charge in [0.2, 0.25) is 23.6 Å². The van der Waals surface area contributed by atoms with Crippen LogP contribution in [0.4, 0.5) is 22.7 Å². The van der Waals surface area contributed by atoms with Gasteiger partial charge in [0.05, 0.1) is 45.2 Å². The van der Waals surface area contributed by atoms with Crippen molar-refractivity contribution in [2.24, 2.45) is 0 Å². The molecule has 474 valence electrons. The van der Waals surface area contributed by atoms with E-state index in [0.29, 0.717) is 121 Å². The lowest BCUT2D eigenvalue weighted by atomic mass is 9.91. The summed E-state index contributed by atoms with van der Waals surface area (Å²) in [6, 6.07) is 40.8. The Morgan fingerprint density at radius 3 is 1.22 bits per heavy atom. The monoisotopic (exact) mass is 1230 g/mol. The molecule has 3 aromatic heterocycles. The quantitative estimate of drug-likeness (QED) is 0.0234. The molecule has 0 unspecified atom stereocenters. The summed E-state index contributed by atoms with van der Waals surface area (Å²) in [5.74, 6) is -1.27. The highest BCUT2D eigenvalue weighted by atomic mass is 16.2. The summed E-state index contributed by atoms with van der Waals surface area (Å²) in [6.45, 7) is 3.50. The molecule has 92 heavy (non-hydrogen) atoms. The van der Waals surface area contributed by atoms with Crippen molar-refractivity contribution in [2.75, 3.05) is 104 Å². The van der Waals surface area contributed by atoms with Crippen LogP contribution in [0.1, 0.15) is 74.1 Å². The van der Waals surface area contributed by atoms with Crippen molar-refractivity contribution in [1.29, 1.82) is 0 Å². The summed E-state index contributed by atoms with van der Waals surface area (Å²) in [7, 11) is 16.3. The van der Waals surface area contributed by atoms with Crippen molar-refractivity contribution in [2.45, 2.75) is 51.4 Å². The zero-order chi connectivity index (χ0) is 64.9. The van der Waals surface area contributed by atoms with Gasteiger partial charge in [-0.15, -0.1) is 0 Å². The van der Waals surface area contributed by atoms with Gasteiger partial charge in [-0.25, -0.2) is 9.97 Å². The van der Waals surface area contributed by atoms with Crippen molar-refractivity contribution in [3.05, 3.63) is 199 Å². The van der Waals surface area contributed by atoms with E-state index in [9.17, 15) is 19.2 Å². The highest BCUT2D eigenvalue weighted by Crippen LogP contribution is 2.52. The maximum absolute atomic E-state index is 14.5. The average Bonchev–Trinajstić information content (AvgIpc) is 1.55. The van der Waals surface area contributed by atoms with Gasteiger partial charge in [0.25, 0.3) is 0 Å². The third kappa shape index (κ3) is 18.4. The van der Waals surface area contributed by atoms with E-state index in [4.69, 9.17) is 9.97 Å². The number of benzene rings is 4. The largest absolute Gasteiger partial charge is 0.355 e. The average molecular weight is 1230 g/mol. The van der Waals surface area contributed by atoms with Crippen LogP contribution in [0.3, 0.4) is 0 Å². The molecule has 9 rings (SSSR count). The summed E-state index contributed by atoms with van der Waals surface area (Å²) in [6.07, 6.45) is 28.2. The van der Waals surface area contributed by atoms with E-state index >= 15 is 0 Å². The van der Waals surface area contributed by atoms with E-state index in [1.54, 1.807) is 24.3 Å². The second kappa shape index (κ2) is 32.8. The third-order valence-electron chi connectivity index (χ3n) is 15.4. The number of aromatic amines is 1. The summed E-state index contributed by atoms with van der Waals surface area (Å²) < 4.78 is 2.13. The van der Waals surface area contributed by atoms with Crippen LogP contribution in [0.5, 0.6) is 0 Å². The van der Waals surface area contributed by atoms with E-state index in [2.05, 4.69) is 50.4 Å². The number of anilines is 4. The molecule has 0 saturated heterocycles. The number of para-hydroxylation sites is 5. The summed E-state index contributed by atoms with van der Waals surface area (Å²) >= 11 is 0. The standard InChI is InChI=1S/C76H86N12O4/c1-84(2)47-25-9-13-37-69(89)80-62-32-20-17-29-59(62)73-66-46-45-57(79-66)52-56-42-41-54(77-56)51-55-43-44-58(78-55)53-68-74(60-30-18-21-33-63(60)81-70(90)38-14-10-26-48-85(3)4)75(61-31-19-22-34-64(61)82-71(91)39-15-11-27-49-86(5)6)76(73)88(68)67-36-24-23-35-65(67)83-72(92)40-16-12-28-50-87(7)8/h13-24,29-46,51-53,77H,9-12,25-28,47-50H2,1-8H3,(H,80,89)(H,81,90)(H,82,91)(H,83,92). The third-order valence-corrected chi connectivity index (χ3v) is 15.4. The lowest BCUT2D eigenvalue weighted by molar-refractivity contribution is -0.112. The van der Waals surface area contributed by atoms with Crippen LogP contribution in [-0.4, -0.2) is 145 Å². The van der Waals surface area contributed by atoms with Gasteiger partial charge in [0.15, 0.2) is 0 Å². The number of nitrogens with zero attached hydrogens (tertiary/aromatic N) is 7.